The van der Waals surface area contributed by atoms with E-state index in [0.29, 0.717) is 5.92 Å². The fourth-order valence-electron chi connectivity index (χ4n) is 1.44. The monoisotopic (exact) mass is 215 g/mol. The van der Waals surface area contributed by atoms with Crippen LogP contribution in [0.5, 0.6) is 0 Å². The summed E-state index contributed by atoms with van der Waals surface area (Å²) in [6.45, 7) is 10.5. The van der Waals surface area contributed by atoms with Crippen LogP contribution >= 0.6 is 0 Å². The van der Waals surface area contributed by atoms with Gasteiger partial charge in [0.15, 0.2) is 0 Å². The van der Waals surface area contributed by atoms with E-state index in [0.717, 1.165) is 12.0 Å². The molecule has 0 aliphatic rings. The lowest BCUT2D eigenvalue weighted by molar-refractivity contribution is 0.831. The highest BCUT2D eigenvalue weighted by atomic mass is 14.7. The summed E-state index contributed by atoms with van der Waals surface area (Å²) >= 11 is 0. The van der Waals surface area contributed by atoms with Gasteiger partial charge in [0.2, 0.25) is 0 Å². The fourth-order valence-corrected chi connectivity index (χ4v) is 1.44. The van der Waals surface area contributed by atoms with Gasteiger partial charge in [-0.05, 0) is 35.6 Å². The van der Waals surface area contributed by atoms with Crippen molar-refractivity contribution in [1.29, 1.82) is 0 Å². The molecule has 0 amide bonds. The third-order valence-electron chi connectivity index (χ3n) is 2.41. The zero-order valence-electron chi connectivity index (χ0n) is 10.5. The minimum Gasteiger partial charge on any atom is -0.361 e. The van der Waals surface area contributed by atoms with Gasteiger partial charge in [-0.3, -0.25) is 0 Å². The molecule has 0 aliphatic carbocycles. The lowest BCUT2D eigenvalue weighted by atomic mass is 10.1. The Kier molecular flexibility index (Phi) is 4.84. The Bertz CT molecular complexity index is 391. The molecule has 1 aromatic heterocycles. The second-order valence-corrected chi connectivity index (χ2v) is 4.28. The molecule has 0 fully saturated rings. The first-order valence-corrected chi connectivity index (χ1v) is 5.85. The third kappa shape index (κ3) is 3.93. The average Bonchev–Trinajstić information content (AvgIpc) is 2.70. The zero-order chi connectivity index (χ0) is 12.0. The summed E-state index contributed by atoms with van der Waals surface area (Å²) in [5, 5.41) is 0. The molecule has 1 heteroatoms. The molecule has 0 spiro atoms. The second kappa shape index (κ2) is 6.16. The van der Waals surface area contributed by atoms with Gasteiger partial charge in [-0.15, -0.1) is 0 Å². The van der Waals surface area contributed by atoms with Crippen molar-refractivity contribution in [3.8, 4) is 0 Å². The second-order valence-electron chi connectivity index (χ2n) is 4.28. The first-order valence-electron chi connectivity index (χ1n) is 5.85. The van der Waals surface area contributed by atoms with Gasteiger partial charge in [-0.1, -0.05) is 45.6 Å². The summed E-state index contributed by atoms with van der Waals surface area (Å²) in [4.78, 5) is 3.22. The fraction of sp³-hybridized carbons (Fsp3) is 0.333. The summed E-state index contributed by atoms with van der Waals surface area (Å²) in [7, 11) is 0. The van der Waals surface area contributed by atoms with Crippen molar-refractivity contribution in [1.82, 2.24) is 4.98 Å². The van der Waals surface area contributed by atoms with E-state index in [1.54, 1.807) is 0 Å². The number of aromatic nitrogens is 1. The van der Waals surface area contributed by atoms with Gasteiger partial charge < -0.3 is 4.98 Å². The van der Waals surface area contributed by atoms with Gasteiger partial charge in [-0.25, -0.2) is 0 Å². The highest BCUT2D eigenvalue weighted by molar-refractivity contribution is 5.54. The minimum atomic E-state index is 0.571. The van der Waals surface area contributed by atoms with Gasteiger partial charge in [0.1, 0.15) is 0 Å². The molecule has 0 aliphatic heterocycles. The van der Waals surface area contributed by atoms with Crippen molar-refractivity contribution in [3.63, 3.8) is 0 Å². The number of rotatable bonds is 5. The Morgan fingerprint density at radius 1 is 1.44 bits per heavy atom. The first kappa shape index (κ1) is 12.6. The quantitative estimate of drug-likeness (QED) is 0.702. The molecule has 0 saturated heterocycles. The zero-order valence-corrected chi connectivity index (χ0v) is 10.5. The maximum absolute atomic E-state index is 3.99. The number of H-pyrrole nitrogens is 1. The van der Waals surface area contributed by atoms with E-state index in [-0.39, 0.29) is 0 Å². The topological polar surface area (TPSA) is 15.8 Å². The normalized spacial score (nSPS) is 12.0. The van der Waals surface area contributed by atoms with Gasteiger partial charge in [0.05, 0.1) is 0 Å². The summed E-state index contributed by atoms with van der Waals surface area (Å²) in [5.74, 6) is 0.571. The Morgan fingerprint density at radius 3 is 2.81 bits per heavy atom. The van der Waals surface area contributed by atoms with Crippen LogP contribution in [0.15, 0.2) is 42.6 Å². The summed E-state index contributed by atoms with van der Waals surface area (Å²) in [6.07, 6.45) is 11.4. The molecule has 1 nitrogen and oxygen atoms in total. The SMILES string of the molecule is C=C(C=Cc1[nH]ccc1CC)/C=C\C(C)C. The average molecular weight is 215 g/mol. The van der Waals surface area contributed by atoms with E-state index >= 15 is 0 Å². The van der Waals surface area contributed by atoms with E-state index in [2.05, 4.69) is 56.6 Å². The van der Waals surface area contributed by atoms with E-state index in [1.807, 2.05) is 12.3 Å². The summed E-state index contributed by atoms with van der Waals surface area (Å²) < 4.78 is 0. The molecule has 1 heterocycles. The molecule has 0 aromatic carbocycles. The molecule has 0 saturated carbocycles. The Hall–Kier alpha value is -1.50. The molecule has 0 unspecified atom stereocenters. The molecule has 0 atom stereocenters. The standard InChI is InChI=1S/C15H21N/c1-5-14-10-11-16-15(14)9-8-13(4)7-6-12(2)3/h6-12,16H,4-5H2,1-3H3/b7-6-,9-8?. The number of hydrogen-bond acceptors (Lipinski definition) is 0. The number of allylic oxidation sites excluding steroid dienone is 4. The summed E-state index contributed by atoms with van der Waals surface area (Å²) in [5.41, 5.74) is 3.56. The number of hydrogen-bond donors (Lipinski definition) is 1. The van der Waals surface area contributed by atoms with Gasteiger partial charge in [0.25, 0.3) is 0 Å². The van der Waals surface area contributed by atoms with Crippen molar-refractivity contribution in [3.05, 3.63) is 53.9 Å². The lowest BCUT2D eigenvalue weighted by Crippen LogP contribution is -1.81. The lowest BCUT2D eigenvalue weighted by Gasteiger charge is -1.96. The van der Waals surface area contributed by atoms with E-state index in [1.165, 1.54) is 11.3 Å². The highest BCUT2D eigenvalue weighted by Crippen LogP contribution is 2.11. The summed E-state index contributed by atoms with van der Waals surface area (Å²) in [6, 6.07) is 2.12. The van der Waals surface area contributed by atoms with Crippen molar-refractivity contribution >= 4 is 6.08 Å². The molecular formula is C15H21N. The number of aryl methyl sites for hydroxylation is 1. The minimum absolute atomic E-state index is 0.571. The van der Waals surface area contributed by atoms with Gasteiger partial charge in [0, 0.05) is 11.9 Å². The van der Waals surface area contributed by atoms with Crippen molar-refractivity contribution in [2.75, 3.05) is 0 Å². The third-order valence-corrected chi connectivity index (χ3v) is 2.41. The van der Waals surface area contributed by atoms with Crippen molar-refractivity contribution < 1.29 is 0 Å². The van der Waals surface area contributed by atoms with Crippen LogP contribution in [-0.4, -0.2) is 4.98 Å². The van der Waals surface area contributed by atoms with E-state index in [4.69, 9.17) is 0 Å². The van der Waals surface area contributed by atoms with Crippen LogP contribution in [-0.2, 0) is 6.42 Å². The predicted molar refractivity (Wildman–Crippen MR) is 72.3 cm³/mol. The predicted octanol–water partition coefficient (Wildman–Crippen LogP) is 4.36. The molecule has 16 heavy (non-hydrogen) atoms. The largest absolute Gasteiger partial charge is 0.361 e. The Labute approximate surface area is 98.6 Å². The maximum Gasteiger partial charge on any atom is 0.0412 e. The van der Waals surface area contributed by atoms with Crippen LogP contribution < -0.4 is 0 Å². The van der Waals surface area contributed by atoms with E-state index in [9.17, 15) is 0 Å². The van der Waals surface area contributed by atoms with Crippen LogP contribution in [0.4, 0.5) is 0 Å². The molecule has 0 radical (unpaired) electrons. The van der Waals surface area contributed by atoms with Crippen molar-refractivity contribution in [2.45, 2.75) is 27.2 Å². The molecule has 1 N–H and O–H groups in total. The molecule has 0 bridgehead atoms. The van der Waals surface area contributed by atoms with Crippen molar-refractivity contribution in [2.24, 2.45) is 5.92 Å². The Balaban J connectivity index is 2.63. The molecule has 1 rings (SSSR count). The smallest absolute Gasteiger partial charge is 0.0412 e. The van der Waals surface area contributed by atoms with E-state index < -0.39 is 0 Å². The van der Waals surface area contributed by atoms with Crippen LogP contribution in [0.25, 0.3) is 6.08 Å². The Morgan fingerprint density at radius 2 is 2.19 bits per heavy atom. The highest BCUT2D eigenvalue weighted by Gasteiger charge is 1.96. The number of aromatic amines is 1. The van der Waals surface area contributed by atoms with Gasteiger partial charge in [-0.2, -0.15) is 0 Å². The number of nitrogens with one attached hydrogen (secondary N) is 1. The van der Waals surface area contributed by atoms with Crippen LogP contribution in [0, 0.1) is 5.92 Å². The maximum atomic E-state index is 3.99. The first-order chi connectivity index (χ1) is 7.63. The molecule has 1 aromatic rings. The van der Waals surface area contributed by atoms with Crippen LogP contribution in [0.3, 0.4) is 0 Å². The van der Waals surface area contributed by atoms with Crippen LogP contribution in [0.1, 0.15) is 32.0 Å². The molecular weight excluding hydrogens is 194 g/mol. The van der Waals surface area contributed by atoms with Gasteiger partial charge >= 0.3 is 0 Å². The molecule has 86 valence electrons. The van der Waals surface area contributed by atoms with Crippen LogP contribution in [0.2, 0.25) is 0 Å².